The molecule has 2 rings (SSSR count). The Kier molecular flexibility index (Phi) is 3.45. The summed E-state index contributed by atoms with van der Waals surface area (Å²) in [5.41, 5.74) is 13.9. The van der Waals surface area contributed by atoms with Crippen molar-refractivity contribution >= 4 is 17.8 Å². The second-order valence-electron chi connectivity index (χ2n) is 4.44. The second kappa shape index (κ2) is 5.03. The van der Waals surface area contributed by atoms with E-state index < -0.39 is 0 Å². The molecule has 1 aromatic heterocycles. The molecule has 18 heavy (non-hydrogen) atoms. The lowest BCUT2D eigenvalue weighted by Gasteiger charge is -2.17. The van der Waals surface area contributed by atoms with Crippen LogP contribution in [-0.2, 0) is 0 Å². The lowest BCUT2D eigenvalue weighted by molar-refractivity contribution is 0.832. The van der Waals surface area contributed by atoms with E-state index in [1.165, 1.54) is 11.1 Å². The van der Waals surface area contributed by atoms with Crippen molar-refractivity contribution in [2.45, 2.75) is 19.8 Å². The van der Waals surface area contributed by atoms with Gasteiger partial charge in [-0.25, -0.2) is 0 Å². The van der Waals surface area contributed by atoms with E-state index >= 15 is 0 Å². The van der Waals surface area contributed by atoms with Crippen LogP contribution in [0.25, 0.3) is 0 Å². The van der Waals surface area contributed by atoms with Crippen LogP contribution in [0.15, 0.2) is 23.3 Å². The number of allylic oxidation sites excluding steroid dienone is 3. The molecule has 0 radical (unpaired) electrons. The predicted molar refractivity (Wildman–Crippen MR) is 73.0 cm³/mol. The van der Waals surface area contributed by atoms with Gasteiger partial charge in [-0.3, -0.25) is 0 Å². The molecule has 1 aromatic rings. The highest BCUT2D eigenvalue weighted by Gasteiger charge is 2.10. The molecule has 0 spiro atoms. The van der Waals surface area contributed by atoms with Crippen LogP contribution in [-0.4, -0.2) is 28.5 Å². The molecule has 1 aliphatic carbocycles. The molecule has 1 heterocycles. The topological polar surface area (TPSA) is 94.0 Å². The number of nitrogen functional groups attached to an aromatic ring is 2. The molecular weight excluding hydrogens is 228 g/mol. The molecule has 6 nitrogen and oxygen atoms in total. The van der Waals surface area contributed by atoms with Crippen molar-refractivity contribution in [1.29, 1.82) is 0 Å². The molecule has 4 N–H and O–H groups in total. The number of rotatable bonds is 4. The minimum atomic E-state index is 0.153. The Labute approximate surface area is 106 Å². The van der Waals surface area contributed by atoms with E-state index in [4.69, 9.17) is 11.5 Å². The van der Waals surface area contributed by atoms with Crippen molar-refractivity contribution in [3.05, 3.63) is 23.3 Å². The molecule has 0 unspecified atom stereocenters. The smallest absolute Gasteiger partial charge is 0.231 e. The van der Waals surface area contributed by atoms with Gasteiger partial charge in [-0.1, -0.05) is 17.7 Å². The third-order valence-electron chi connectivity index (χ3n) is 3.01. The van der Waals surface area contributed by atoms with Gasteiger partial charge in [0.05, 0.1) is 0 Å². The summed E-state index contributed by atoms with van der Waals surface area (Å²) in [6.45, 7) is 2.98. The summed E-state index contributed by atoms with van der Waals surface area (Å²) in [6.07, 6.45) is 6.39. The van der Waals surface area contributed by atoms with E-state index in [9.17, 15) is 0 Å². The van der Waals surface area contributed by atoms with Crippen LogP contribution in [0.1, 0.15) is 19.8 Å². The van der Waals surface area contributed by atoms with E-state index in [1.54, 1.807) is 0 Å². The van der Waals surface area contributed by atoms with E-state index in [0.29, 0.717) is 5.95 Å². The number of hydrogen-bond acceptors (Lipinski definition) is 6. The van der Waals surface area contributed by atoms with Crippen LogP contribution in [0, 0.1) is 0 Å². The molecule has 0 saturated carbocycles. The third-order valence-corrected chi connectivity index (χ3v) is 3.01. The van der Waals surface area contributed by atoms with Gasteiger partial charge in [-0.05, 0) is 25.3 Å². The van der Waals surface area contributed by atoms with Crippen LogP contribution in [0.3, 0.4) is 0 Å². The zero-order chi connectivity index (χ0) is 13.1. The fraction of sp³-hybridized carbons (Fsp3) is 0.417. The monoisotopic (exact) mass is 246 g/mol. The Morgan fingerprint density at radius 3 is 2.44 bits per heavy atom. The van der Waals surface area contributed by atoms with Gasteiger partial charge in [-0.15, -0.1) is 0 Å². The number of nitrogens with zero attached hydrogens (tertiary/aromatic N) is 4. The summed E-state index contributed by atoms with van der Waals surface area (Å²) in [4.78, 5) is 13.8. The van der Waals surface area contributed by atoms with Crippen LogP contribution in [0.5, 0.6) is 0 Å². The van der Waals surface area contributed by atoms with Crippen LogP contribution in [0.4, 0.5) is 17.8 Å². The minimum absolute atomic E-state index is 0.153. The molecule has 0 bridgehead atoms. The Balaban J connectivity index is 2.01. The van der Waals surface area contributed by atoms with Gasteiger partial charge in [-0.2, -0.15) is 15.0 Å². The number of nitrogens with two attached hydrogens (primary N) is 2. The summed E-state index contributed by atoms with van der Waals surface area (Å²) >= 11 is 0. The molecule has 96 valence electrons. The van der Waals surface area contributed by atoms with Gasteiger partial charge in [0.2, 0.25) is 17.8 Å². The van der Waals surface area contributed by atoms with Crippen LogP contribution < -0.4 is 16.4 Å². The van der Waals surface area contributed by atoms with Crippen LogP contribution in [0.2, 0.25) is 0 Å². The Morgan fingerprint density at radius 2 is 1.89 bits per heavy atom. The van der Waals surface area contributed by atoms with Crippen molar-refractivity contribution in [3.63, 3.8) is 0 Å². The fourth-order valence-corrected chi connectivity index (χ4v) is 1.90. The standard InChI is InChI=1S/C12H18N6/c1-8-4-3-5-9(8)6-7-18(2)12-16-10(13)15-11(14)17-12/h3,5H,4,6-7H2,1-2H3,(H4,13,14,15,16,17). The minimum Gasteiger partial charge on any atom is -0.368 e. The number of anilines is 3. The molecule has 0 atom stereocenters. The summed E-state index contributed by atoms with van der Waals surface area (Å²) < 4.78 is 0. The lowest BCUT2D eigenvalue weighted by Crippen LogP contribution is -2.22. The molecule has 0 amide bonds. The summed E-state index contributed by atoms with van der Waals surface area (Å²) in [7, 11) is 1.92. The molecule has 0 aliphatic heterocycles. The van der Waals surface area contributed by atoms with E-state index in [-0.39, 0.29) is 11.9 Å². The molecule has 0 fully saturated rings. The number of hydrogen-bond donors (Lipinski definition) is 2. The van der Waals surface area contributed by atoms with Crippen molar-refractivity contribution in [2.24, 2.45) is 0 Å². The van der Waals surface area contributed by atoms with Crippen molar-refractivity contribution < 1.29 is 0 Å². The highest BCUT2D eigenvalue weighted by atomic mass is 15.3. The predicted octanol–water partition coefficient (Wildman–Crippen LogP) is 1.14. The van der Waals surface area contributed by atoms with E-state index in [0.717, 1.165) is 19.4 Å². The highest BCUT2D eigenvalue weighted by molar-refractivity contribution is 5.40. The maximum absolute atomic E-state index is 5.55. The Morgan fingerprint density at radius 1 is 1.22 bits per heavy atom. The zero-order valence-electron chi connectivity index (χ0n) is 10.7. The van der Waals surface area contributed by atoms with Crippen LogP contribution >= 0.6 is 0 Å². The van der Waals surface area contributed by atoms with Gasteiger partial charge in [0.15, 0.2) is 0 Å². The summed E-state index contributed by atoms with van der Waals surface area (Å²) in [6, 6.07) is 0. The Bertz CT molecular complexity index is 485. The largest absolute Gasteiger partial charge is 0.368 e. The molecule has 0 aromatic carbocycles. The summed E-state index contributed by atoms with van der Waals surface area (Å²) in [5, 5.41) is 0. The fourth-order valence-electron chi connectivity index (χ4n) is 1.90. The average molecular weight is 246 g/mol. The summed E-state index contributed by atoms with van der Waals surface area (Å²) in [5.74, 6) is 0.821. The van der Waals surface area contributed by atoms with Gasteiger partial charge in [0.1, 0.15) is 0 Å². The Hall–Kier alpha value is -2.11. The first-order valence-electron chi connectivity index (χ1n) is 5.89. The second-order valence-corrected chi connectivity index (χ2v) is 4.44. The van der Waals surface area contributed by atoms with Gasteiger partial charge in [0.25, 0.3) is 0 Å². The normalized spacial score (nSPS) is 14.3. The molecule has 0 saturated heterocycles. The zero-order valence-corrected chi connectivity index (χ0v) is 10.7. The van der Waals surface area contributed by atoms with E-state index in [2.05, 4.69) is 34.0 Å². The first-order valence-corrected chi connectivity index (χ1v) is 5.89. The van der Waals surface area contributed by atoms with Crippen molar-refractivity contribution in [2.75, 3.05) is 30.0 Å². The SMILES string of the molecule is CC1=C(CCN(C)c2nc(N)nc(N)n2)C=CC1. The highest BCUT2D eigenvalue weighted by Crippen LogP contribution is 2.21. The van der Waals surface area contributed by atoms with E-state index in [1.807, 2.05) is 11.9 Å². The third kappa shape index (κ3) is 2.77. The van der Waals surface area contributed by atoms with Crippen molar-refractivity contribution in [1.82, 2.24) is 15.0 Å². The van der Waals surface area contributed by atoms with Gasteiger partial charge < -0.3 is 16.4 Å². The molecular formula is C12H18N6. The molecule has 1 aliphatic rings. The maximum Gasteiger partial charge on any atom is 0.231 e. The van der Waals surface area contributed by atoms with Crippen molar-refractivity contribution in [3.8, 4) is 0 Å². The first kappa shape index (κ1) is 12.3. The maximum atomic E-state index is 5.55. The number of aromatic nitrogens is 3. The lowest BCUT2D eigenvalue weighted by atomic mass is 10.1. The van der Waals surface area contributed by atoms with Gasteiger partial charge in [0, 0.05) is 13.6 Å². The van der Waals surface area contributed by atoms with Gasteiger partial charge >= 0.3 is 0 Å². The quantitative estimate of drug-likeness (QED) is 0.827. The molecule has 6 heteroatoms. The average Bonchev–Trinajstić information content (AvgIpc) is 2.70. The first-order chi connectivity index (χ1) is 8.56.